The SMILES string of the molecule is CNCCCC(=O)Nc1ccn(CCOC)n1.Cl. The zero-order valence-electron chi connectivity index (χ0n) is 10.8. The largest absolute Gasteiger partial charge is 0.383 e. The van der Waals surface area contributed by atoms with E-state index in [0.717, 1.165) is 13.0 Å². The lowest BCUT2D eigenvalue weighted by Crippen LogP contribution is -2.15. The van der Waals surface area contributed by atoms with E-state index in [1.54, 1.807) is 17.9 Å². The van der Waals surface area contributed by atoms with Gasteiger partial charge < -0.3 is 15.4 Å². The predicted octanol–water partition coefficient (Wildman–Crippen LogP) is 0.889. The molecule has 0 unspecified atom stereocenters. The number of carbonyl (C=O) groups excluding carboxylic acids is 1. The van der Waals surface area contributed by atoms with E-state index in [2.05, 4.69) is 15.7 Å². The lowest BCUT2D eigenvalue weighted by molar-refractivity contribution is -0.116. The molecule has 18 heavy (non-hydrogen) atoms. The highest BCUT2D eigenvalue weighted by molar-refractivity contribution is 5.89. The van der Waals surface area contributed by atoms with Gasteiger partial charge in [-0.15, -0.1) is 12.4 Å². The number of hydrogen-bond donors (Lipinski definition) is 2. The maximum atomic E-state index is 11.5. The van der Waals surface area contributed by atoms with Gasteiger partial charge in [-0.2, -0.15) is 5.10 Å². The molecule has 6 nitrogen and oxygen atoms in total. The van der Waals surface area contributed by atoms with Crippen LogP contribution in [0.2, 0.25) is 0 Å². The summed E-state index contributed by atoms with van der Waals surface area (Å²) >= 11 is 0. The molecule has 2 N–H and O–H groups in total. The van der Waals surface area contributed by atoms with Gasteiger partial charge in [-0.1, -0.05) is 0 Å². The van der Waals surface area contributed by atoms with Crippen LogP contribution >= 0.6 is 12.4 Å². The third-order valence-electron chi connectivity index (χ3n) is 2.26. The predicted molar refractivity (Wildman–Crippen MR) is 73.1 cm³/mol. The van der Waals surface area contributed by atoms with Gasteiger partial charge in [-0.05, 0) is 20.0 Å². The second-order valence-corrected chi connectivity index (χ2v) is 3.71. The first kappa shape index (κ1) is 16.9. The van der Waals surface area contributed by atoms with Gasteiger partial charge >= 0.3 is 0 Å². The average Bonchev–Trinajstić information content (AvgIpc) is 2.74. The molecule has 1 aromatic heterocycles. The maximum Gasteiger partial charge on any atom is 0.225 e. The topological polar surface area (TPSA) is 68.2 Å². The summed E-state index contributed by atoms with van der Waals surface area (Å²) in [6.07, 6.45) is 3.15. The van der Waals surface area contributed by atoms with Crippen LogP contribution in [0.5, 0.6) is 0 Å². The van der Waals surface area contributed by atoms with Gasteiger partial charge in [0.05, 0.1) is 13.2 Å². The molecule has 0 aliphatic rings. The number of anilines is 1. The number of ether oxygens (including phenoxy) is 1. The Morgan fingerprint density at radius 3 is 3.00 bits per heavy atom. The molecular formula is C11H21ClN4O2. The van der Waals surface area contributed by atoms with Gasteiger partial charge in [-0.25, -0.2) is 0 Å². The van der Waals surface area contributed by atoms with Crippen molar-refractivity contribution in [2.75, 3.05) is 32.6 Å². The minimum atomic E-state index is -0.00255. The highest BCUT2D eigenvalue weighted by Crippen LogP contribution is 2.03. The van der Waals surface area contributed by atoms with E-state index in [1.807, 2.05) is 13.2 Å². The van der Waals surface area contributed by atoms with Crippen LogP contribution in [0.15, 0.2) is 12.3 Å². The summed E-state index contributed by atoms with van der Waals surface area (Å²) in [4.78, 5) is 11.5. The van der Waals surface area contributed by atoms with Crippen molar-refractivity contribution in [2.24, 2.45) is 0 Å². The molecule has 0 saturated heterocycles. The summed E-state index contributed by atoms with van der Waals surface area (Å²) in [5, 5.41) is 9.96. The number of halogens is 1. The number of rotatable bonds is 8. The fraction of sp³-hybridized carbons (Fsp3) is 0.636. The fourth-order valence-electron chi connectivity index (χ4n) is 1.37. The Kier molecular flexibility index (Phi) is 9.26. The number of nitrogens with zero attached hydrogens (tertiary/aromatic N) is 2. The summed E-state index contributed by atoms with van der Waals surface area (Å²) in [7, 11) is 3.52. The van der Waals surface area contributed by atoms with Crippen molar-refractivity contribution in [2.45, 2.75) is 19.4 Å². The van der Waals surface area contributed by atoms with Gasteiger partial charge in [-0.3, -0.25) is 9.48 Å². The summed E-state index contributed by atoms with van der Waals surface area (Å²) in [6, 6.07) is 1.78. The first-order valence-electron chi connectivity index (χ1n) is 5.73. The van der Waals surface area contributed by atoms with E-state index in [4.69, 9.17) is 4.74 Å². The number of methoxy groups -OCH3 is 1. The second-order valence-electron chi connectivity index (χ2n) is 3.71. The van der Waals surface area contributed by atoms with Crippen LogP contribution in [0, 0.1) is 0 Å². The zero-order chi connectivity index (χ0) is 12.5. The molecule has 0 fully saturated rings. The molecule has 0 saturated carbocycles. The molecule has 0 aliphatic heterocycles. The highest BCUT2D eigenvalue weighted by atomic mass is 35.5. The molecule has 1 amide bonds. The van der Waals surface area contributed by atoms with E-state index in [-0.39, 0.29) is 18.3 Å². The Hall–Kier alpha value is -1.11. The number of aromatic nitrogens is 2. The van der Waals surface area contributed by atoms with Crippen LogP contribution in [0.4, 0.5) is 5.82 Å². The van der Waals surface area contributed by atoms with Crippen molar-refractivity contribution in [3.05, 3.63) is 12.3 Å². The number of carbonyl (C=O) groups is 1. The summed E-state index contributed by atoms with van der Waals surface area (Å²) in [5.74, 6) is 0.591. The van der Waals surface area contributed by atoms with Gasteiger partial charge in [0, 0.05) is 25.8 Å². The average molecular weight is 277 g/mol. The van der Waals surface area contributed by atoms with Crippen molar-refractivity contribution in [3.8, 4) is 0 Å². The van der Waals surface area contributed by atoms with Crippen molar-refractivity contribution >= 4 is 24.1 Å². The summed E-state index contributed by atoms with van der Waals surface area (Å²) < 4.78 is 6.69. The van der Waals surface area contributed by atoms with Crippen molar-refractivity contribution < 1.29 is 9.53 Å². The molecular weight excluding hydrogens is 256 g/mol. The number of amides is 1. The number of nitrogens with one attached hydrogen (secondary N) is 2. The van der Waals surface area contributed by atoms with Crippen LogP contribution in [-0.4, -0.2) is 43.0 Å². The lowest BCUT2D eigenvalue weighted by atomic mass is 10.3. The Balaban J connectivity index is 0.00000289. The Morgan fingerprint density at radius 1 is 1.56 bits per heavy atom. The third kappa shape index (κ3) is 6.58. The summed E-state index contributed by atoms with van der Waals surface area (Å²) in [5.41, 5.74) is 0. The first-order chi connectivity index (χ1) is 8.26. The van der Waals surface area contributed by atoms with E-state index in [0.29, 0.717) is 25.4 Å². The van der Waals surface area contributed by atoms with Crippen molar-refractivity contribution in [1.29, 1.82) is 0 Å². The van der Waals surface area contributed by atoms with Crippen LogP contribution in [0.3, 0.4) is 0 Å². The minimum absolute atomic E-state index is 0. The van der Waals surface area contributed by atoms with E-state index in [1.165, 1.54) is 0 Å². The van der Waals surface area contributed by atoms with E-state index >= 15 is 0 Å². The Bertz CT molecular complexity index is 344. The van der Waals surface area contributed by atoms with Gasteiger partial charge in [0.1, 0.15) is 0 Å². The Labute approximate surface area is 113 Å². The van der Waals surface area contributed by atoms with Crippen LogP contribution in [0.25, 0.3) is 0 Å². The molecule has 1 aromatic rings. The third-order valence-corrected chi connectivity index (χ3v) is 2.26. The zero-order valence-corrected chi connectivity index (χ0v) is 11.6. The molecule has 0 atom stereocenters. The van der Waals surface area contributed by atoms with Crippen LogP contribution in [0.1, 0.15) is 12.8 Å². The first-order valence-corrected chi connectivity index (χ1v) is 5.73. The molecule has 104 valence electrons. The second kappa shape index (κ2) is 9.87. The molecule has 0 aromatic carbocycles. The van der Waals surface area contributed by atoms with Crippen molar-refractivity contribution in [1.82, 2.24) is 15.1 Å². The maximum absolute atomic E-state index is 11.5. The molecule has 1 heterocycles. The summed E-state index contributed by atoms with van der Waals surface area (Å²) in [6.45, 7) is 2.14. The van der Waals surface area contributed by atoms with Gasteiger partial charge in [0.15, 0.2) is 5.82 Å². The smallest absolute Gasteiger partial charge is 0.225 e. The fourth-order valence-corrected chi connectivity index (χ4v) is 1.37. The lowest BCUT2D eigenvalue weighted by Gasteiger charge is -2.02. The number of hydrogen-bond acceptors (Lipinski definition) is 4. The molecule has 0 spiro atoms. The normalized spacial score (nSPS) is 9.89. The van der Waals surface area contributed by atoms with Crippen LogP contribution in [-0.2, 0) is 16.1 Å². The van der Waals surface area contributed by atoms with Crippen LogP contribution < -0.4 is 10.6 Å². The highest BCUT2D eigenvalue weighted by Gasteiger charge is 2.04. The van der Waals surface area contributed by atoms with E-state index in [9.17, 15) is 4.79 Å². The molecule has 0 bridgehead atoms. The molecule has 7 heteroatoms. The quantitative estimate of drug-likeness (QED) is 0.692. The molecule has 1 rings (SSSR count). The van der Waals surface area contributed by atoms with E-state index < -0.39 is 0 Å². The monoisotopic (exact) mass is 276 g/mol. The minimum Gasteiger partial charge on any atom is -0.383 e. The van der Waals surface area contributed by atoms with Crippen molar-refractivity contribution in [3.63, 3.8) is 0 Å². The molecule has 0 radical (unpaired) electrons. The Morgan fingerprint density at radius 2 is 2.33 bits per heavy atom. The van der Waals surface area contributed by atoms with Gasteiger partial charge in [0.2, 0.25) is 5.91 Å². The standard InChI is InChI=1S/C11H20N4O2.ClH/c1-12-6-3-4-11(16)13-10-5-7-15(14-10)8-9-17-2;/h5,7,12H,3-4,6,8-9H2,1-2H3,(H,13,14,16);1H. The van der Waals surface area contributed by atoms with Gasteiger partial charge in [0.25, 0.3) is 0 Å². The molecule has 0 aliphatic carbocycles.